The van der Waals surface area contributed by atoms with Gasteiger partial charge >= 0.3 is 18.1 Å². The summed E-state index contributed by atoms with van der Waals surface area (Å²) < 4.78 is 36.2. The first-order valence-corrected chi connectivity index (χ1v) is 5.33. The van der Waals surface area contributed by atoms with E-state index in [1.165, 1.54) is 29.6 Å². The van der Waals surface area contributed by atoms with E-state index >= 15 is 0 Å². The molecule has 1 aromatic rings. The van der Waals surface area contributed by atoms with Gasteiger partial charge in [-0.1, -0.05) is 12.1 Å². The number of nitrogens with zero attached hydrogens (tertiary/aromatic N) is 1. The molecule has 2 N–H and O–H groups in total. The number of nitriles is 1. The van der Waals surface area contributed by atoms with E-state index in [1.54, 1.807) is 0 Å². The van der Waals surface area contributed by atoms with Crippen molar-refractivity contribution in [3.63, 3.8) is 0 Å². The second kappa shape index (κ2) is 6.06. The van der Waals surface area contributed by atoms with Crippen molar-refractivity contribution < 1.29 is 27.9 Å². The number of rotatable bonds is 4. The van der Waals surface area contributed by atoms with Crippen LogP contribution in [0.2, 0.25) is 0 Å². The van der Waals surface area contributed by atoms with Crippen LogP contribution in [0.1, 0.15) is 11.1 Å². The summed E-state index contributed by atoms with van der Waals surface area (Å²) >= 11 is 0. The zero-order valence-electron chi connectivity index (χ0n) is 9.94. The van der Waals surface area contributed by atoms with Crippen LogP contribution in [0.5, 0.6) is 0 Å². The number of benzene rings is 1. The molecule has 1 rings (SSSR count). The van der Waals surface area contributed by atoms with E-state index in [2.05, 4.69) is 0 Å². The van der Waals surface area contributed by atoms with Crippen LogP contribution in [0.4, 0.5) is 13.2 Å². The molecule has 1 atom stereocenters. The van der Waals surface area contributed by atoms with E-state index in [4.69, 9.17) is 10.4 Å². The Bertz CT molecular complexity index is 547. The molecule has 5 nitrogen and oxygen atoms in total. The minimum atomic E-state index is -5.14. The standard InChI is InChI=1S/C12H9F3N2O3/c13-12(14,15)11(20)17-9(10(18)19)5-7-1-3-8(6-16)4-2-7/h1-4,9H,5H2,(H,17,20)(H,18,19). The molecule has 0 aliphatic heterocycles. The van der Waals surface area contributed by atoms with Crippen LogP contribution in [0, 0.1) is 11.3 Å². The molecule has 0 aliphatic carbocycles. The summed E-state index contributed by atoms with van der Waals surface area (Å²) in [7, 11) is 0. The van der Waals surface area contributed by atoms with E-state index in [9.17, 15) is 22.8 Å². The molecule has 1 unspecified atom stereocenters. The number of alkyl halides is 3. The average molecular weight is 286 g/mol. The fraction of sp³-hybridized carbons (Fsp3) is 0.250. The van der Waals surface area contributed by atoms with Crippen LogP contribution < -0.4 is 5.32 Å². The highest BCUT2D eigenvalue weighted by atomic mass is 19.4. The van der Waals surface area contributed by atoms with E-state index in [1.807, 2.05) is 6.07 Å². The molecule has 0 spiro atoms. The number of hydrogen-bond donors (Lipinski definition) is 2. The van der Waals surface area contributed by atoms with Gasteiger partial charge in [0.05, 0.1) is 11.6 Å². The molecule has 20 heavy (non-hydrogen) atoms. The Balaban J connectivity index is 2.80. The third-order valence-corrected chi connectivity index (χ3v) is 2.38. The first-order chi connectivity index (χ1) is 9.24. The Morgan fingerprint density at radius 3 is 2.25 bits per heavy atom. The van der Waals surface area contributed by atoms with Crippen molar-refractivity contribution in [2.45, 2.75) is 18.6 Å². The maximum absolute atomic E-state index is 12.1. The minimum absolute atomic E-state index is 0.317. The summed E-state index contributed by atoms with van der Waals surface area (Å²) in [6.07, 6.45) is -5.46. The molecule has 0 aliphatic rings. The molecule has 1 amide bonds. The Morgan fingerprint density at radius 1 is 1.30 bits per heavy atom. The van der Waals surface area contributed by atoms with Gasteiger partial charge in [0, 0.05) is 6.42 Å². The Morgan fingerprint density at radius 2 is 1.85 bits per heavy atom. The largest absolute Gasteiger partial charge is 0.480 e. The molecule has 0 saturated carbocycles. The molecule has 0 aromatic heterocycles. The Kier molecular flexibility index (Phi) is 4.69. The van der Waals surface area contributed by atoms with Crippen LogP contribution in [-0.2, 0) is 16.0 Å². The number of amides is 1. The third-order valence-electron chi connectivity index (χ3n) is 2.38. The summed E-state index contributed by atoms with van der Waals surface area (Å²) in [5.41, 5.74) is 0.721. The van der Waals surface area contributed by atoms with E-state index in [0.29, 0.717) is 11.1 Å². The molecule has 0 bridgehead atoms. The van der Waals surface area contributed by atoms with Gasteiger partial charge in [0.15, 0.2) is 0 Å². The van der Waals surface area contributed by atoms with Crippen LogP contribution >= 0.6 is 0 Å². The van der Waals surface area contributed by atoms with Crippen molar-refractivity contribution in [1.82, 2.24) is 5.32 Å². The lowest BCUT2D eigenvalue weighted by Gasteiger charge is -2.15. The van der Waals surface area contributed by atoms with Crippen molar-refractivity contribution in [3.8, 4) is 6.07 Å². The van der Waals surface area contributed by atoms with Gasteiger partial charge in [-0.2, -0.15) is 18.4 Å². The molecule has 0 heterocycles. The van der Waals surface area contributed by atoms with Crippen LogP contribution in [-0.4, -0.2) is 29.2 Å². The summed E-state index contributed by atoms with van der Waals surface area (Å²) in [5.74, 6) is -3.88. The van der Waals surface area contributed by atoms with Gasteiger partial charge in [0.2, 0.25) is 0 Å². The van der Waals surface area contributed by atoms with Gasteiger partial charge < -0.3 is 10.4 Å². The monoisotopic (exact) mass is 286 g/mol. The molecule has 1 aromatic carbocycles. The number of carboxylic acid groups (broad SMARTS) is 1. The molecule has 8 heteroatoms. The summed E-state index contributed by atoms with van der Waals surface area (Å²) in [4.78, 5) is 21.6. The highest BCUT2D eigenvalue weighted by molar-refractivity contribution is 5.87. The quantitative estimate of drug-likeness (QED) is 0.871. The highest BCUT2D eigenvalue weighted by Crippen LogP contribution is 2.15. The SMILES string of the molecule is N#Cc1ccc(CC(NC(=O)C(F)(F)F)C(=O)O)cc1. The van der Waals surface area contributed by atoms with Crippen molar-refractivity contribution in [2.24, 2.45) is 0 Å². The molecule has 106 valence electrons. The zero-order valence-corrected chi connectivity index (χ0v) is 9.94. The van der Waals surface area contributed by atoms with Crippen molar-refractivity contribution in [3.05, 3.63) is 35.4 Å². The average Bonchev–Trinajstić information content (AvgIpc) is 2.37. The van der Waals surface area contributed by atoms with Gasteiger partial charge in [-0.15, -0.1) is 0 Å². The fourth-order valence-corrected chi connectivity index (χ4v) is 1.39. The summed E-state index contributed by atoms with van der Waals surface area (Å²) in [6, 6.07) is 5.78. The first kappa shape index (κ1) is 15.5. The number of halogens is 3. The first-order valence-electron chi connectivity index (χ1n) is 5.33. The van der Waals surface area contributed by atoms with Crippen LogP contribution in [0.15, 0.2) is 24.3 Å². The second-order valence-electron chi connectivity index (χ2n) is 3.87. The number of nitrogens with one attached hydrogen (secondary N) is 1. The van der Waals surface area contributed by atoms with Gasteiger partial charge in [0.1, 0.15) is 6.04 Å². The Hall–Kier alpha value is -2.56. The fourth-order valence-electron chi connectivity index (χ4n) is 1.39. The number of hydrogen-bond acceptors (Lipinski definition) is 3. The minimum Gasteiger partial charge on any atom is -0.480 e. The second-order valence-corrected chi connectivity index (χ2v) is 3.87. The maximum atomic E-state index is 12.1. The lowest BCUT2D eigenvalue weighted by Crippen LogP contribution is -2.47. The summed E-state index contributed by atoms with van der Waals surface area (Å²) in [6.45, 7) is 0. The van der Waals surface area contributed by atoms with Crippen molar-refractivity contribution in [2.75, 3.05) is 0 Å². The zero-order chi connectivity index (χ0) is 15.3. The van der Waals surface area contributed by atoms with E-state index in [-0.39, 0.29) is 6.42 Å². The van der Waals surface area contributed by atoms with Gasteiger partial charge in [0.25, 0.3) is 0 Å². The Labute approximate surface area is 111 Å². The topological polar surface area (TPSA) is 90.2 Å². The van der Waals surface area contributed by atoms with Gasteiger partial charge in [-0.05, 0) is 17.7 Å². The molecule has 0 fully saturated rings. The van der Waals surface area contributed by atoms with Crippen molar-refractivity contribution >= 4 is 11.9 Å². The molecular formula is C12H9F3N2O3. The van der Waals surface area contributed by atoms with Crippen LogP contribution in [0.3, 0.4) is 0 Å². The molecule has 0 saturated heterocycles. The third kappa shape index (κ3) is 4.28. The van der Waals surface area contributed by atoms with Gasteiger partial charge in [-0.3, -0.25) is 4.79 Å². The number of aliphatic carboxylic acids is 1. The van der Waals surface area contributed by atoms with Crippen molar-refractivity contribution in [1.29, 1.82) is 5.26 Å². The molecule has 0 radical (unpaired) electrons. The predicted octanol–water partition coefficient (Wildman–Crippen LogP) is 1.23. The van der Waals surface area contributed by atoms with E-state index in [0.717, 1.165) is 0 Å². The van der Waals surface area contributed by atoms with Crippen LogP contribution in [0.25, 0.3) is 0 Å². The number of carbonyl (C=O) groups is 2. The lowest BCUT2D eigenvalue weighted by molar-refractivity contribution is -0.175. The maximum Gasteiger partial charge on any atom is 0.471 e. The molecular weight excluding hydrogens is 277 g/mol. The number of carboxylic acids is 1. The lowest BCUT2D eigenvalue weighted by atomic mass is 10.0. The highest BCUT2D eigenvalue weighted by Gasteiger charge is 2.40. The normalized spacial score (nSPS) is 12.3. The smallest absolute Gasteiger partial charge is 0.471 e. The number of carbonyl (C=O) groups excluding carboxylic acids is 1. The predicted molar refractivity (Wildman–Crippen MR) is 60.5 cm³/mol. The van der Waals surface area contributed by atoms with Gasteiger partial charge in [-0.25, -0.2) is 4.79 Å². The van der Waals surface area contributed by atoms with E-state index < -0.39 is 24.1 Å². The summed E-state index contributed by atoms with van der Waals surface area (Å²) in [5, 5.41) is 18.8.